The molecule has 0 radical (unpaired) electrons. The van der Waals surface area contributed by atoms with Crippen LogP contribution in [0.2, 0.25) is 0 Å². The lowest BCUT2D eigenvalue weighted by atomic mass is 9.64. The predicted molar refractivity (Wildman–Crippen MR) is 115 cm³/mol. The van der Waals surface area contributed by atoms with Gasteiger partial charge in [0.15, 0.2) is 0 Å². The second-order valence-electron chi connectivity index (χ2n) is 11.0. The maximum atomic E-state index is 12.4. The molecule has 29 heavy (non-hydrogen) atoms. The van der Waals surface area contributed by atoms with Gasteiger partial charge in [0.05, 0.1) is 12.7 Å². The van der Waals surface area contributed by atoms with Crippen molar-refractivity contribution in [1.29, 1.82) is 0 Å². The highest BCUT2D eigenvalue weighted by atomic mass is 19.3. The van der Waals surface area contributed by atoms with Gasteiger partial charge in [-0.2, -0.15) is 8.78 Å². The summed E-state index contributed by atoms with van der Waals surface area (Å²) in [6.45, 7) is 3.12. The van der Waals surface area contributed by atoms with E-state index in [1.54, 1.807) is 0 Å². The molecule has 3 aliphatic carbocycles. The Morgan fingerprint density at radius 3 is 1.34 bits per heavy atom. The molecular weight excluding hydrogens is 366 g/mol. The molecule has 1 nitrogen and oxygen atoms in total. The van der Waals surface area contributed by atoms with Crippen molar-refractivity contribution in [2.75, 3.05) is 6.61 Å². The van der Waals surface area contributed by atoms with E-state index in [0.29, 0.717) is 12.5 Å². The van der Waals surface area contributed by atoms with Crippen LogP contribution in [0.5, 0.6) is 0 Å². The van der Waals surface area contributed by atoms with E-state index in [1.165, 1.54) is 77.0 Å². The van der Waals surface area contributed by atoms with Crippen LogP contribution in [0.25, 0.3) is 0 Å². The van der Waals surface area contributed by atoms with Gasteiger partial charge in [-0.05, 0) is 118 Å². The van der Waals surface area contributed by atoms with Gasteiger partial charge in [-0.1, -0.05) is 19.8 Å². The fourth-order valence-corrected chi connectivity index (χ4v) is 7.37. The first-order valence-corrected chi connectivity index (χ1v) is 12.7. The minimum Gasteiger partial charge on any atom is -0.374 e. The molecule has 0 amide bonds. The van der Waals surface area contributed by atoms with Crippen LogP contribution < -0.4 is 0 Å². The molecule has 1 heterocycles. The van der Waals surface area contributed by atoms with Gasteiger partial charge in [-0.15, -0.1) is 0 Å². The van der Waals surface area contributed by atoms with Crippen LogP contribution >= 0.6 is 0 Å². The monoisotopic (exact) mass is 408 g/mol. The molecule has 3 heteroatoms. The van der Waals surface area contributed by atoms with Gasteiger partial charge < -0.3 is 4.74 Å². The van der Waals surface area contributed by atoms with E-state index in [0.717, 1.165) is 54.4 Å². The summed E-state index contributed by atoms with van der Waals surface area (Å²) in [5, 5.41) is 0. The molecule has 1 saturated heterocycles. The highest BCUT2D eigenvalue weighted by Gasteiger charge is 2.36. The van der Waals surface area contributed by atoms with Crippen LogP contribution in [0, 0.1) is 41.4 Å². The van der Waals surface area contributed by atoms with Gasteiger partial charge >= 0.3 is 0 Å². The summed E-state index contributed by atoms with van der Waals surface area (Å²) < 4.78 is 30.6. The Kier molecular flexibility index (Phi) is 7.69. The predicted octanol–water partition coefficient (Wildman–Crippen LogP) is 8.00. The van der Waals surface area contributed by atoms with Crippen molar-refractivity contribution >= 4 is 0 Å². The average Bonchev–Trinajstić information content (AvgIpc) is 2.75. The van der Waals surface area contributed by atoms with Crippen molar-refractivity contribution < 1.29 is 13.5 Å². The quantitative estimate of drug-likeness (QED) is 0.458. The Morgan fingerprint density at radius 2 is 0.966 bits per heavy atom. The van der Waals surface area contributed by atoms with Crippen molar-refractivity contribution in [3.05, 3.63) is 12.2 Å². The number of hydrogen-bond acceptors (Lipinski definition) is 1. The van der Waals surface area contributed by atoms with E-state index in [1.807, 2.05) is 0 Å². The average molecular weight is 409 g/mol. The lowest BCUT2D eigenvalue weighted by Gasteiger charge is -2.42. The van der Waals surface area contributed by atoms with Crippen LogP contribution in [0.4, 0.5) is 8.78 Å². The van der Waals surface area contributed by atoms with E-state index >= 15 is 0 Å². The maximum Gasteiger partial charge on any atom is 0.268 e. The molecule has 0 aromatic rings. The second kappa shape index (κ2) is 10.2. The third-order valence-corrected chi connectivity index (χ3v) is 9.35. The molecule has 0 bridgehead atoms. The van der Waals surface area contributed by atoms with E-state index < -0.39 is 6.08 Å². The molecule has 4 aliphatic rings. The molecule has 3 saturated carbocycles. The van der Waals surface area contributed by atoms with Crippen LogP contribution in [-0.4, -0.2) is 12.7 Å². The zero-order valence-corrected chi connectivity index (χ0v) is 18.5. The van der Waals surface area contributed by atoms with Gasteiger partial charge in [0.2, 0.25) is 0 Å². The molecule has 1 aliphatic heterocycles. The molecule has 4 fully saturated rings. The maximum absolute atomic E-state index is 12.4. The van der Waals surface area contributed by atoms with Crippen molar-refractivity contribution in [2.24, 2.45) is 41.4 Å². The molecule has 166 valence electrons. The van der Waals surface area contributed by atoms with Crippen LogP contribution in [0.15, 0.2) is 12.2 Å². The fourth-order valence-electron chi connectivity index (χ4n) is 7.37. The highest BCUT2D eigenvalue weighted by Crippen LogP contribution is 2.47. The lowest BCUT2D eigenvalue weighted by Crippen LogP contribution is -2.34. The van der Waals surface area contributed by atoms with Crippen molar-refractivity contribution in [1.82, 2.24) is 0 Å². The van der Waals surface area contributed by atoms with Crippen LogP contribution in [-0.2, 0) is 4.74 Å². The van der Waals surface area contributed by atoms with E-state index in [4.69, 9.17) is 4.74 Å². The standard InChI is InChI=1S/C26H42F2O/c1-18-2-4-19(5-3-18)20-6-8-21(9-7-20)22-10-12-23(13-11-22)24-14-15-25(29-17-24)16-26(27)28/h16,18-25H,2-15,17H2,1H3. The molecule has 0 aromatic heterocycles. The third-order valence-electron chi connectivity index (χ3n) is 9.35. The topological polar surface area (TPSA) is 9.23 Å². The minimum atomic E-state index is -1.60. The third kappa shape index (κ3) is 5.83. The van der Waals surface area contributed by atoms with Gasteiger partial charge in [0.1, 0.15) is 0 Å². The number of rotatable bonds is 4. The van der Waals surface area contributed by atoms with E-state index in [-0.39, 0.29) is 6.10 Å². The smallest absolute Gasteiger partial charge is 0.268 e. The normalized spacial score (nSPS) is 44.2. The first kappa shape index (κ1) is 21.8. The molecule has 2 unspecified atom stereocenters. The van der Waals surface area contributed by atoms with E-state index in [2.05, 4.69) is 6.92 Å². The number of ether oxygens (including phenoxy) is 1. The summed E-state index contributed by atoms with van der Waals surface area (Å²) in [4.78, 5) is 0. The summed E-state index contributed by atoms with van der Waals surface area (Å²) in [7, 11) is 0. The van der Waals surface area contributed by atoms with Gasteiger partial charge in [-0.3, -0.25) is 0 Å². The first-order chi connectivity index (χ1) is 14.1. The summed E-state index contributed by atoms with van der Waals surface area (Å²) in [6, 6.07) is 0. The second-order valence-corrected chi connectivity index (χ2v) is 11.0. The van der Waals surface area contributed by atoms with Gasteiger partial charge in [-0.25, -0.2) is 0 Å². The molecule has 0 aromatic carbocycles. The van der Waals surface area contributed by atoms with Crippen molar-refractivity contribution in [2.45, 2.75) is 103 Å². The van der Waals surface area contributed by atoms with E-state index in [9.17, 15) is 8.78 Å². The zero-order valence-electron chi connectivity index (χ0n) is 18.5. The molecule has 0 N–H and O–H groups in total. The largest absolute Gasteiger partial charge is 0.374 e. The van der Waals surface area contributed by atoms with Gasteiger partial charge in [0, 0.05) is 6.08 Å². The Morgan fingerprint density at radius 1 is 0.586 bits per heavy atom. The van der Waals surface area contributed by atoms with Crippen molar-refractivity contribution in [3.63, 3.8) is 0 Å². The Hall–Kier alpha value is -0.440. The SMILES string of the molecule is CC1CCC(C2CCC(C3CCC(C4CCC(C=C(F)F)OC4)CC3)CC2)CC1. The summed E-state index contributed by atoms with van der Waals surface area (Å²) >= 11 is 0. The first-order valence-electron chi connectivity index (χ1n) is 12.7. The van der Waals surface area contributed by atoms with Gasteiger partial charge in [0.25, 0.3) is 6.08 Å². The fraction of sp³-hybridized carbons (Fsp3) is 0.923. The number of hydrogen-bond donors (Lipinski definition) is 0. The molecule has 4 rings (SSSR count). The lowest BCUT2D eigenvalue weighted by molar-refractivity contribution is -0.0209. The van der Waals surface area contributed by atoms with Crippen LogP contribution in [0.1, 0.15) is 96.8 Å². The minimum absolute atomic E-state index is 0.352. The highest BCUT2D eigenvalue weighted by molar-refractivity contribution is 4.93. The molecule has 2 atom stereocenters. The Bertz CT molecular complexity index is 511. The Labute approximate surface area is 177 Å². The Balaban J connectivity index is 1.16. The molecule has 0 spiro atoms. The number of halogens is 2. The zero-order chi connectivity index (χ0) is 20.2. The summed E-state index contributed by atoms with van der Waals surface area (Å²) in [5.41, 5.74) is 0. The summed E-state index contributed by atoms with van der Waals surface area (Å²) in [6.07, 6.45) is 18.3. The van der Waals surface area contributed by atoms with Crippen molar-refractivity contribution in [3.8, 4) is 0 Å². The van der Waals surface area contributed by atoms with Crippen LogP contribution in [0.3, 0.4) is 0 Å². The summed E-state index contributed by atoms with van der Waals surface area (Å²) in [5.74, 6) is 6.36. The molecular formula is C26H42F2O.